The predicted molar refractivity (Wildman–Crippen MR) is 73.3 cm³/mol. The van der Waals surface area contributed by atoms with Crippen LogP contribution in [0, 0.1) is 6.92 Å². The van der Waals surface area contributed by atoms with Gasteiger partial charge in [-0.25, -0.2) is 9.78 Å². The molecule has 2 aromatic heterocycles. The highest BCUT2D eigenvalue weighted by atomic mass is 16.2. The molecule has 0 radical (unpaired) electrons. The number of carbonyl (C=O) groups excluding carboxylic acids is 2. The molecule has 2 N–H and O–H groups in total. The van der Waals surface area contributed by atoms with E-state index in [0.717, 1.165) is 22.9 Å². The minimum Gasteiger partial charge on any atom is -0.346 e. The molecule has 0 spiro atoms. The summed E-state index contributed by atoms with van der Waals surface area (Å²) in [5.41, 5.74) is 2.53. The molecule has 0 saturated heterocycles. The molecule has 2 amide bonds. The summed E-state index contributed by atoms with van der Waals surface area (Å²) in [6.07, 6.45) is 4.58. The Hall–Kier alpha value is -2.37. The minimum atomic E-state index is -0.254. The number of carbonyl (C=O) groups is 2. The molecule has 6 heteroatoms. The Morgan fingerprint density at radius 3 is 3.05 bits per heavy atom. The second-order valence-corrected chi connectivity index (χ2v) is 4.22. The molecule has 2 heterocycles. The molecule has 0 aliphatic heterocycles. The summed E-state index contributed by atoms with van der Waals surface area (Å²) in [4.78, 5) is 31.2. The van der Waals surface area contributed by atoms with Gasteiger partial charge in [0.25, 0.3) is 0 Å². The number of anilines is 1. The number of urea groups is 1. The lowest BCUT2D eigenvalue weighted by molar-refractivity contribution is -0.107. The zero-order chi connectivity index (χ0) is 13.8. The summed E-state index contributed by atoms with van der Waals surface area (Å²) < 4.78 is 0. The average molecular weight is 260 g/mol. The van der Waals surface area contributed by atoms with Crippen molar-refractivity contribution in [2.24, 2.45) is 0 Å². The van der Waals surface area contributed by atoms with Gasteiger partial charge in [-0.3, -0.25) is 4.90 Å². The normalized spacial score (nSPS) is 10.4. The zero-order valence-electron chi connectivity index (χ0n) is 10.9. The fourth-order valence-corrected chi connectivity index (χ4v) is 1.94. The maximum absolute atomic E-state index is 11.8. The van der Waals surface area contributed by atoms with Crippen LogP contribution in [0.25, 0.3) is 11.0 Å². The van der Waals surface area contributed by atoms with Crippen LogP contribution in [0.2, 0.25) is 0 Å². The van der Waals surface area contributed by atoms with Crippen molar-refractivity contribution >= 4 is 29.0 Å². The fourth-order valence-electron chi connectivity index (χ4n) is 1.94. The Labute approximate surface area is 110 Å². The van der Waals surface area contributed by atoms with Crippen LogP contribution in [-0.4, -0.2) is 35.9 Å². The Balaban J connectivity index is 2.39. The third kappa shape index (κ3) is 2.57. The second kappa shape index (κ2) is 5.51. The van der Waals surface area contributed by atoms with E-state index < -0.39 is 0 Å². The van der Waals surface area contributed by atoms with E-state index in [1.54, 1.807) is 13.2 Å². The van der Waals surface area contributed by atoms with Crippen LogP contribution < -0.4 is 10.2 Å². The maximum atomic E-state index is 11.8. The SMILES string of the molecule is CNC(=O)N(CCC=O)c1cnc2[nH]cc(C)c2c1. The average Bonchev–Trinajstić information content (AvgIpc) is 2.80. The summed E-state index contributed by atoms with van der Waals surface area (Å²) in [7, 11) is 1.56. The smallest absolute Gasteiger partial charge is 0.321 e. The number of nitrogens with zero attached hydrogens (tertiary/aromatic N) is 2. The molecule has 2 aromatic rings. The van der Waals surface area contributed by atoms with E-state index in [1.807, 2.05) is 19.2 Å². The summed E-state index contributed by atoms with van der Waals surface area (Å²) in [5.74, 6) is 0. The summed E-state index contributed by atoms with van der Waals surface area (Å²) >= 11 is 0. The Kier molecular flexibility index (Phi) is 3.79. The first-order chi connectivity index (χ1) is 9.17. The monoisotopic (exact) mass is 260 g/mol. The summed E-state index contributed by atoms with van der Waals surface area (Å²) in [5, 5.41) is 3.53. The lowest BCUT2D eigenvalue weighted by Crippen LogP contribution is -2.39. The molecule has 0 unspecified atom stereocenters. The number of aldehydes is 1. The lowest BCUT2D eigenvalue weighted by Gasteiger charge is -2.21. The van der Waals surface area contributed by atoms with Crippen LogP contribution >= 0.6 is 0 Å². The van der Waals surface area contributed by atoms with E-state index >= 15 is 0 Å². The highest BCUT2D eigenvalue weighted by Gasteiger charge is 2.15. The standard InChI is InChI=1S/C13H16N4O2/c1-9-7-15-12-11(9)6-10(8-16-12)17(4-3-5-18)13(19)14-2/h5-8H,3-4H2,1-2H3,(H,14,19)(H,15,16). The van der Waals surface area contributed by atoms with Gasteiger partial charge in [0, 0.05) is 31.6 Å². The highest BCUT2D eigenvalue weighted by molar-refractivity contribution is 5.94. The van der Waals surface area contributed by atoms with E-state index in [-0.39, 0.29) is 12.5 Å². The van der Waals surface area contributed by atoms with Crippen LogP contribution in [0.5, 0.6) is 0 Å². The molecule has 0 saturated carbocycles. The zero-order valence-corrected chi connectivity index (χ0v) is 10.9. The molecule has 19 heavy (non-hydrogen) atoms. The number of aryl methyl sites for hydroxylation is 1. The van der Waals surface area contributed by atoms with Crippen LogP contribution in [0.15, 0.2) is 18.5 Å². The first kappa shape index (κ1) is 13.1. The van der Waals surface area contributed by atoms with Crippen molar-refractivity contribution in [3.63, 3.8) is 0 Å². The van der Waals surface area contributed by atoms with Crippen molar-refractivity contribution in [1.82, 2.24) is 15.3 Å². The van der Waals surface area contributed by atoms with Gasteiger partial charge in [-0.15, -0.1) is 0 Å². The predicted octanol–water partition coefficient (Wildman–Crippen LogP) is 1.61. The van der Waals surface area contributed by atoms with Crippen LogP contribution in [0.3, 0.4) is 0 Å². The van der Waals surface area contributed by atoms with Gasteiger partial charge in [0.05, 0.1) is 11.9 Å². The molecule has 100 valence electrons. The molecule has 0 aliphatic rings. The van der Waals surface area contributed by atoms with E-state index in [2.05, 4.69) is 15.3 Å². The van der Waals surface area contributed by atoms with Crippen molar-refractivity contribution < 1.29 is 9.59 Å². The number of pyridine rings is 1. The molecule has 2 rings (SSSR count). The fraction of sp³-hybridized carbons (Fsp3) is 0.308. The molecular formula is C13H16N4O2. The number of fused-ring (bicyclic) bond motifs is 1. The Morgan fingerprint density at radius 2 is 2.37 bits per heavy atom. The van der Waals surface area contributed by atoms with Crippen LogP contribution in [0.1, 0.15) is 12.0 Å². The number of rotatable bonds is 4. The molecule has 6 nitrogen and oxygen atoms in total. The van der Waals surface area contributed by atoms with Gasteiger partial charge in [-0.2, -0.15) is 0 Å². The first-order valence-electron chi connectivity index (χ1n) is 6.04. The van der Waals surface area contributed by atoms with Crippen LogP contribution in [0.4, 0.5) is 10.5 Å². The molecule has 0 aliphatic carbocycles. The van der Waals surface area contributed by atoms with E-state index in [0.29, 0.717) is 12.2 Å². The number of aromatic nitrogens is 2. The van der Waals surface area contributed by atoms with E-state index in [9.17, 15) is 9.59 Å². The summed E-state index contributed by atoms with van der Waals surface area (Å²) in [6, 6.07) is 1.64. The number of hydrogen-bond donors (Lipinski definition) is 2. The number of H-pyrrole nitrogens is 1. The van der Waals surface area contributed by atoms with E-state index in [1.165, 1.54) is 4.90 Å². The molecule has 0 aromatic carbocycles. The van der Waals surface area contributed by atoms with E-state index in [4.69, 9.17) is 0 Å². The topological polar surface area (TPSA) is 78.1 Å². The van der Waals surface area contributed by atoms with Gasteiger partial charge in [-0.05, 0) is 18.6 Å². The van der Waals surface area contributed by atoms with Gasteiger partial charge < -0.3 is 15.1 Å². The van der Waals surface area contributed by atoms with Crippen molar-refractivity contribution in [2.45, 2.75) is 13.3 Å². The summed E-state index contributed by atoms with van der Waals surface area (Å²) in [6.45, 7) is 2.31. The Morgan fingerprint density at radius 1 is 1.58 bits per heavy atom. The van der Waals surface area contributed by atoms with Gasteiger partial charge in [0.2, 0.25) is 0 Å². The van der Waals surface area contributed by atoms with Gasteiger partial charge in [0.15, 0.2) is 0 Å². The number of amides is 2. The quantitative estimate of drug-likeness (QED) is 0.820. The molecule has 0 atom stereocenters. The number of hydrogen-bond acceptors (Lipinski definition) is 3. The molecule has 0 bridgehead atoms. The molecular weight excluding hydrogens is 244 g/mol. The molecule has 0 fully saturated rings. The lowest BCUT2D eigenvalue weighted by atomic mass is 10.2. The van der Waals surface area contributed by atoms with Crippen molar-refractivity contribution in [3.05, 3.63) is 24.0 Å². The Bertz CT molecular complexity index is 606. The minimum absolute atomic E-state index is 0.254. The maximum Gasteiger partial charge on any atom is 0.321 e. The third-order valence-corrected chi connectivity index (χ3v) is 2.96. The van der Waals surface area contributed by atoms with Crippen molar-refractivity contribution in [2.75, 3.05) is 18.5 Å². The third-order valence-electron chi connectivity index (χ3n) is 2.96. The highest BCUT2D eigenvalue weighted by Crippen LogP contribution is 2.22. The largest absolute Gasteiger partial charge is 0.346 e. The number of aromatic amines is 1. The van der Waals surface area contributed by atoms with Gasteiger partial charge in [-0.1, -0.05) is 0 Å². The van der Waals surface area contributed by atoms with Gasteiger partial charge >= 0.3 is 6.03 Å². The second-order valence-electron chi connectivity index (χ2n) is 4.22. The van der Waals surface area contributed by atoms with Crippen molar-refractivity contribution in [3.8, 4) is 0 Å². The number of nitrogens with one attached hydrogen (secondary N) is 2. The first-order valence-corrected chi connectivity index (χ1v) is 6.04. The van der Waals surface area contributed by atoms with Gasteiger partial charge in [0.1, 0.15) is 11.9 Å². The van der Waals surface area contributed by atoms with Crippen molar-refractivity contribution in [1.29, 1.82) is 0 Å². The van der Waals surface area contributed by atoms with Crippen LogP contribution in [-0.2, 0) is 4.79 Å².